The molecule has 0 saturated carbocycles. The van der Waals surface area contributed by atoms with E-state index in [0.29, 0.717) is 0 Å². The Balaban J connectivity index is 2.10. The Bertz CT molecular complexity index is 1200. The summed E-state index contributed by atoms with van der Waals surface area (Å²) in [4.78, 5) is 3.68. The fourth-order valence-electron chi connectivity index (χ4n) is 3.92. The van der Waals surface area contributed by atoms with Gasteiger partial charge in [0.1, 0.15) is 0 Å². The van der Waals surface area contributed by atoms with Crippen LogP contribution in [0.2, 0.25) is 0 Å². The van der Waals surface area contributed by atoms with E-state index in [9.17, 15) is 0 Å². The number of para-hydroxylation sites is 1. The first kappa shape index (κ1) is 13.4. The second-order valence-corrected chi connectivity index (χ2v) is 6.33. The lowest BCUT2D eigenvalue weighted by Gasteiger charge is -2.12. The van der Waals surface area contributed by atoms with E-state index >= 15 is 0 Å². The molecule has 0 amide bonds. The van der Waals surface area contributed by atoms with E-state index < -0.39 is 0 Å². The fourth-order valence-corrected chi connectivity index (χ4v) is 3.92. The molecule has 0 aliphatic carbocycles. The number of aromatic nitrogens is 1. The minimum absolute atomic E-state index is 1.20. The molecule has 114 valence electrons. The average Bonchev–Trinajstić information content (AvgIpc) is 3.02. The summed E-state index contributed by atoms with van der Waals surface area (Å²) in [5.74, 6) is 0. The van der Waals surface area contributed by atoms with E-state index in [0.717, 1.165) is 0 Å². The van der Waals surface area contributed by atoms with Crippen LogP contribution in [0, 0.1) is 6.92 Å². The van der Waals surface area contributed by atoms with Gasteiger partial charge in [0, 0.05) is 21.9 Å². The molecule has 0 aliphatic rings. The Morgan fingerprint density at radius 3 is 2.04 bits per heavy atom. The number of aryl methyl sites for hydroxylation is 1. The lowest BCUT2D eigenvalue weighted by atomic mass is 9.91. The van der Waals surface area contributed by atoms with Crippen LogP contribution in [-0.4, -0.2) is 4.98 Å². The monoisotopic (exact) mass is 307 g/mol. The summed E-state index contributed by atoms with van der Waals surface area (Å²) in [6.45, 7) is 2.24. The van der Waals surface area contributed by atoms with Crippen molar-refractivity contribution >= 4 is 32.6 Å². The van der Waals surface area contributed by atoms with Crippen molar-refractivity contribution < 1.29 is 0 Å². The van der Waals surface area contributed by atoms with Crippen LogP contribution in [0.1, 0.15) is 5.56 Å². The average molecular weight is 307 g/mol. The Morgan fingerprint density at radius 1 is 0.625 bits per heavy atom. The van der Waals surface area contributed by atoms with Crippen LogP contribution in [0.4, 0.5) is 0 Å². The van der Waals surface area contributed by atoms with Crippen LogP contribution < -0.4 is 0 Å². The molecule has 0 spiro atoms. The maximum absolute atomic E-state index is 3.68. The number of nitrogens with one attached hydrogen (secondary N) is 1. The summed E-state index contributed by atoms with van der Waals surface area (Å²) in [6.07, 6.45) is 0. The zero-order chi connectivity index (χ0) is 16.1. The first-order chi connectivity index (χ1) is 11.8. The Morgan fingerprint density at radius 2 is 1.25 bits per heavy atom. The topological polar surface area (TPSA) is 15.8 Å². The van der Waals surface area contributed by atoms with Crippen molar-refractivity contribution in [2.75, 3.05) is 0 Å². The van der Waals surface area contributed by atoms with Crippen molar-refractivity contribution in [1.29, 1.82) is 0 Å². The largest absolute Gasteiger partial charge is 0.354 e. The molecule has 0 saturated heterocycles. The molecule has 5 rings (SSSR count). The number of aromatic amines is 1. The molecule has 1 N–H and O–H groups in total. The van der Waals surface area contributed by atoms with E-state index in [1.165, 1.54) is 49.3 Å². The van der Waals surface area contributed by atoms with Gasteiger partial charge in [0.15, 0.2) is 0 Å². The fraction of sp³-hybridized carbons (Fsp3) is 0.0435. The summed E-state index contributed by atoms with van der Waals surface area (Å²) in [7, 11) is 0. The third kappa shape index (κ3) is 1.75. The highest BCUT2D eigenvalue weighted by Gasteiger charge is 2.16. The molecule has 0 unspecified atom stereocenters. The van der Waals surface area contributed by atoms with Gasteiger partial charge in [0.2, 0.25) is 0 Å². The van der Waals surface area contributed by atoms with E-state index in [1.807, 2.05) is 0 Å². The molecule has 0 fully saturated rings. The number of H-pyrrole nitrogens is 1. The van der Waals surface area contributed by atoms with Crippen molar-refractivity contribution in [2.24, 2.45) is 0 Å². The lowest BCUT2D eigenvalue weighted by Crippen LogP contribution is -1.88. The van der Waals surface area contributed by atoms with Gasteiger partial charge in [0.05, 0.1) is 5.52 Å². The van der Waals surface area contributed by atoms with Crippen LogP contribution >= 0.6 is 0 Å². The Hall–Kier alpha value is -3.06. The van der Waals surface area contributed by atoms with E-state index in [2.05, 4.69) is 90.8 Å². The third-order valence-corrected chi connectivity index (χ3v) is 4.99. The van der Waals surface area contributed by atoms with Gasteiger partial charge in [0.25, 0.3) is 0 Å². The second kappa shape index (κ2) is 4.97. The van der Waals surface area contributed by atoms with Gasteiger partial charge in [-0.25, -0.2) is 0 Å². The molecule has 4 aromatic carbocycles. The summed E-state index contributed by atoms with van der Waals surface area (Å²) in [5.41, 5.74) is 6.33. The van der Waals surface area contributed by atoms with Gasteiger partial charge in [-0.05, 0) is 34.9 Å². The molecule has 1 aromatic heterocycles. The molecule has 1 nitrogen and oxygen atoms in total. The summed E-state index contributed by atoms with van der Waals surface area (Å²) >= 11 is 0. The zero-order valence-corrected chi connectivity index (χ0v) is 13.5. The summed E-state index contributed by atoms with van der Waals surface area (Å²) < 4.78 is 0. The van der Waals surface area contributed by atoms with Crippen molar-refractivity contribution in [2.45, 2.75) is 6.92 Å². The van der Waals surface area contributed by atoms with E-state index in [1.54, 1.807) is 0 Å². The molecule has 5 aromatic rings. The van der Waals surface area contributed by atoms with Gasteiger partial charge in [-0.3, -0.25) is 0 Å². The number of hydrogen-bond donors (Lipinski definition) is 1. The van der Waals surface area contributed by atoms with E-state index in [4.69, 9.17) is 0 Å². The minimum atomic E-state index is 1.20. The molecule has 1 heterocycles. The Labute approximate surface area is 140 Å². The number of hydrogen-bond acceptors (Lipinski definition) is 0. The zero-order valence-electron chi connectivity index (χ0n) is 13.5. The highest BCUT2D eigenvalue weighted by Crippen LogP contribution is 2.41. The van der Waals surface area contributed by atoms with Gasteiger partial charge >= 0.3 is 0 Å². The second-order valence-electron chi connectivity index (χ2n) is 6.33. The van der Waals surface area contributed by atoms with Gasteiger partial charge in [-0.1, -0.05) is 72.8 Å². The quantitative estimate of drug-likeness (QED) is 0.366. The number of rotatable bonds is 1. The third-order valence-electron chi connectivity index (χ3n) is 4.99. The minimum Gasteiger partial charge on any atom is -0.354 e. The lowest BCUT2D eigenvalue weighted by molar-refractivity contribution is 1.53. The van der Waals surface area contributed by atoms with Crippen LogP contribution in [0.15, 0.2) is 78.9 Å². The normalized spacial score (nSPS) is 11.5. The van der Waals surface area contributed by atoms with Gasteiger partial charge in [-0.15, -0.1) is 0 Å². The number of fused-ring (bicyclic) bond motifs is 4. The molecule has 0 radical (unpaired) electrons. The SMILES string of the molecule is Cc1c2ccccc2c(-c2ccccc2)c2[nH]c3ccccc3c12. The van der Waals surface area contributed by atoms with Gasteiger partial charge in [-0.2, -0.15) is 0 Å². The Kier molecular flexibility index (Phi) is 2.77. The van der Waals surface area contributed by atoms with Gasteiger partial charge < -0.3 is 4.98 Å². The maximum atomic E-state index is 3.68. The van der Waals surface area contributed by atoms with Crippen molar-refractivity contribution in [3.63, 3.8) is 0 Å². The van der Waals surface area contributed by atoms with Crippen molar-refractivity contribution in [1.82, 2.24) is 4.98 Å². The van der Waals surface area contributed by atoms with Crippen molar-refractivity contribution in [3.8, 4) is 11.1 Å². The van der Waals surface area contributed by atoms with Crippen LogP contribution in [-0.2, 0) is 0 Å². The number of benzene rings is 4. The molecule has 0 bridgehead atoms. The molecular weight excluding hydrogens is 290 g/mol. The maximum Gasteiger partial charge on any atom is 0.0553 e. The molecular formula is C23H17N. The van der Waals surface area contributed by atoms with Crippen LogP contribution in [0.25, 0.3) is 43.7 Å². The summed E-state index contributed by atoms with van der Waals surface area (Å²) in [5, 5.41) is 5.27. The molecule has 0 atom stereocenters. The first-order valence-corrected chi connectivity index (χ1v) is 8.32. The summed E-state index contributed by atoms with van der Waals surface area (Å²) in [6, 6.07) is 28.0. The van der Waals surface area contributed by atoms with Crippen molar-refractivity contribution in [3.05, 3.63) is 84.4 Å². The molecule has 0 aliphatic heterocycles. The van der Waals surface area contributed by atoms with E-state index in [-0.39, 0.29) is 0 Å². The van der Waals surface area contributed by atoms with Crippen LogP contribution in [0.5, 0.6) is 0 Å². The first-order valence-electron chi connectivity index (χ1n) is 8.32. The highest BCUT2D eigenvalue weighted by molar-refractivity contribution is 6.21. The predicted molar refractivity (Wildman–Crippen MR) is 103 cm³/mol. The molecule has 1 heteroatoms. The molecule has 24 heavy (non-hydrogen) atoms. The van der Waals surface area contributed by atoms with Crippen LogP contribution in [0.3, 0.4) is 0 Å². The predicted octanol–water partition coefficient (Wildman–Crippen LogP) is 6.45. The smallest absolute Gasteiger partial charge is 0.0553 e. The standard InChI is InChI=1S/C23H17N/c1-15-17-11-5-6-12-18(17)22(16-9-3-2-4-10-16)23-21(15)19-13-7-8-14-20(19)24-23/h2-14,24H,1H3. The highest BCUT2D eigenvalue weighted by atomic mass is 14.7.